The predicted octanol–water partition coefficient (Wildman–Crippen LogP) is 4.08. The standard InChI is InChI=1S/C16H17BrO4.C2H6/c1-4-21-16(19)12-7-11-9(2)5-6-10(15(18)20-3)14(11)13(12)8-17;1-2/h5-6H,4,7-8H2,1-3H3;1-2H3. The Morgan fingerprint density at radius 3 is 2.39 bits per heavy atom. The van der Waals surface area contributed by atoms with Gasteiger partial charge in [0.05, 0.1) is 19.3 Å². The van der Waals surface area contributed by atoms with Crippen molar-refractivity contribution in [2.45, 2.75) is 34.1 Å². The van der Waals surface area contributed by atoms with Crippen molar-refractivity contribution in [3.05, 3.63) is 40.0 Å². The molecule has 0 atom stereocenters. The number of hydrogen-bond acceptors (Lipinski definition) is 4. The Morgan fingerprint density at radius 1 is 1.22 bits per heavy atom. The molecule has 0 aromatic heterocycles. The number of hydrogen-bond donors (Lipinski definition) is 0. The van der Waals surface area contributed by atoms with Gasteiger partial charge in [0.2, 0.25) is 0 Å². The molecule has 2 rings (SSSR count). The zero-order valence-electron chi connectivity index (χ0n) is 14.3. The lowest BCUT2D eigenvalue weighted by atomic mass is 9.96. The molecule has 0 saturated heterocycles. The second-order valence-corrected chi connectivity index (χ2v) is 5.32. The summed E-state index contributed by atoms with van der Waals surface area (Å²) in [5, 5.41) is 0.488. The highest BCUT2D eigenvalue weighted by atomic mass is 79.9. The highest BCUT2D eigenvalue weighted by Gasteiger charge is 2.31. The number of aryl methyl sites for hydroxylation is 1. The fourth-order valence-corrected chi connectivity index (χ4v) is 3.22. The van der Waals surface area contributed by atoms with Gasteiger partial charge in [0.1, 0.15) is 0 Å². The maximum absolute atomic E-state index is 12.1. The molecular formula is C18H23BrO4. The van der Waals surface area contributed by atoms with Crippen molar-refractivity contribution in [2.75, 3.05) is 19.0 Å². The van der Waals surface area contributed by atoms with Crippen molar-refractivity contribution in [1.29, 1.82) is 0 Å². The summed E-state index contributed by atoms with van der Waals surface area (Å²) in [6, 6.07) is 3.63. The van der Waals surface area contributed by atoms with Crippen molar-refractivity contribution in [3.8, 4) is 0 Å². The lowest BCUT2D eigenvalue weighted by molar-refractivity contribution is -0.138. The summed E-state index contributed by atoms with van der Waals surface area (Å²) in [6.45, 7) is 8.08. The van der Waals surface area contributed by atoms with E-state index < -0.39 is 5.97 Å². The second kappa shape index (κ2) is 8.87. The zero-order valence-corrected chi connectivity index (χ0v) is 15.9. The first-order valence-corrected chi connectivity index (χ1v) is 8.83. The normalized spacial score (nSPS) is 12.3. The molecule has 0 N–H and O–H groups in total. The molecule has 0 fully saturated rings. The van der Waals surface area contributed by atoms with Gasteiger partial charge >= 0.3 is 11.9 Å². The number of benzene rings is 1. The molecule has 0 bridgehead atoms. The largest absolute Gasteiger partial charge is 0.465 e. The van der Waals surface area contributed by atoms with Crippen molar-refractivity contribution >= 4 is 33.4 Å². The average molecular weight is 383 g/mol. The van der Waals surface area contributed by atoms with E-state index in [9.17, 15) is 9.59 Å². The van der Waals surface area contributed by atoms with Gasteiger partial charge in [0.25, 0.3) is 0 Å². The molecule has 0 spiro atoms. The van der Waals surface area contributed by atoms with Crippen LogP contribution < -0.4 is 0 Å². The topological polar surface area (TPSA) is 52.6 Å². The van der Waals surface area contributed by atoms with E-state index in [1.54, 1.807) is 13.0 Å². The molecule has 5 heteroatoms. The summed E-state index contributed by atoms with van der Waals surface area (Å²) >= 11 is 3.42. The molecule has 0 heterocycles. The highest BCUT2D eigenvalue weighted by molar-refractivity contribution is 9.09. The molecule has 1 aromatic carbocycles. The number of carbonyl (C=O) groups is 2. The summed E-state index contributed by atoms with van der Waals surface area (Å²) in [6.07, 6.45) is 0.492. The van der Waals surface area contributed by atoms with Gasteiger partial charge in [-0.15, -0.1) is 0 Å². The Morgan fingerprint density at radius 2 is 1.87 bits per heavy atom. The highest BCUT2D eigenvalue weighted by Crippen LogP contribution is 2.39. The van der Waals surface area contributed by atoms with Crippen LogP contribution >= 0.6 is 15.9 Å². The smallest absolute Gasteiger partial charge is 0.338 e. The van der Waals surface area contributed by atoms with Crippen LogP contribution in [0.15, 0.2) is 17.7 Å². The van der Waals surface area contributed by atoms with E-state index in [0.29, 0.717) is 29.5 Å². The Balaban J connectivity index is 0.00000127. The third-order valence-corrected chi connectivity index (χ3v) is 4.19. The summed E-state index contributed by atoms with van der Waals surface area (Å²) < 4.78 is 9.97. The van der Waals surface area contributed by atoms with Crippen LogP contribution in [-0.2, 0) is 20.7 Å². The first-order valence-electron chi connectivity index (χ1n) is 7.71. The van der Waals surface area contributed by atoms with Crippen LogP contribution in [0.2, 0.25) is 0 Å². The van der Waals surface area contributed by atoms with E-state index in [1.807, 2.05) is 26.8 Å². The third-order valence-electron chi connectivity index (χ3n) is 3.63. The SMILES string of the molecule is CC.CCOC(=O)C1=C(CBr)c2c(C(=O)OC)ccc(C)c2C1. The van der Waals surface area contributed by atoms with Crippen LogP contribution in [0, 0.1) is 6.92 Å². The molecule has 23 heavy (non-hydrogen) atoms. The lowest BCUT2D eigenvalue weighted by Gasteiger charge is -2.11. The van der Waals surface area contributed by atoms with E-state index in [2.05, 4.69) is 15.9 Å². The van der Waals surface area contributed by atoms with Gasteiger partial charge in [-0.2, -0.15) is 0 Å². The number of alkyl halides is 1. The molecule has 0 amide bonds. The Labute approximate surface area is 146 Å². The Kier molecular flexibility index (Phi) is 7.49. The quantitative estimate of drug-likeness (QED) is 0.581. The van der Waals surface area contributed by atoms with Crippen molar-refractivity contribution in [3.63, 3.8) is 0 Å². The molecule has 4 nitrogen and oxygen atoms in total. The van der Waals surface area contributed by atoms with Crippen molar-refractivity contribution < 1.29 is 19.1 Å². The number of carbonyl (C=O) groups excluding carboxylic acids is 2. The molecule has 0 radical (unpaired) electrons. The third kappa shape index (κ3) is 3.83. The number of halogens is 1. The van der Waals surface area contributed by atoms with Gasteiger partial charge in [0, 0.05) is 17.3 Å². The summed E-state index contributed by atoms with van der Waals surface area (Å²) in [5.74, 6) is -0.715. The summed E-state index contributed by atoms with van der Waals surface area (Å²) in [7, 11) is 1.35. The lowest BCUT2D eigenvalue weighted by Crippen LogP contribution is -2.09. The molecule has 1 aliphatic rings. The van der Waals surface area contributed by atoms with Crippen LogP contribution in [0.25, 0.3) is 5.57 Å². The summed E-state index contributed by atoms with van der Waals surface area (Å²) in [5.41, 5.74) is 4.77. The van der Waals surface area contributed by atoms with Crippen molar-refractivity contribution in [1.82, 2.24) is 0 Å². The predicted molar refractivity (Wildman–Crippen MR) is 94.9 cm³/mol. The van der Waals surface area contributed by atoms with E-state index in [-0.39, 0.29) is 5.97 Å². The molecular weight excluding hydrogens is 360 g/mol. The number of fused-ring (bicyclic) bond motifs is 1. The van der Waals surface area contributed by atoms with E-state index >= 15 is 0 Å². The van der Waals surface area contributed by atoms with E-state index in [4.69, 9.17) is 9.47 Å². The number of methoxy groups -OCH3 is 1. The number of allylic oxidation sites excluding steroid dienone is 1. The molecule has 0 saturated carbocycles. The van der Waals surface area contributed by atoms with Crippen LogP contribution in [0.5, 0.6) is 0 Å². The van der Waals surface area contributed by atoms with Crippen LogP contribution in [0.4, 0.5) is 0 Å². The van der Waals surface area contributed by atoms with Gasteiger partial charge in [-0.3, -0.25) is 0 Å². The maximum Gasteiger partial charge on any atom is 0.338 e. The number of esters is 2. The Hall–Kier alpha value is -1.62. The number of rotatable bonds is 4. The zero-order chi connectivity index (χ0) is 17.6. The van der Waals surface area contributed by atoms with Crippen LogP contribution in [0.3, 0.4) is 0 Å². The second-order valence-electron chi connectivity index (χ2n) is 4.76. The first-order chi connectivity index (χ1) is 11.0. The van der Waals surface area contributed by atoms with Crippen LogP contribution in [0.1, 0.15) is 47.8 Å². The fourth-order valence-electron chi connectivity index (χ4n) is 2.60. The maximum atomic E-state index is 12.1. The van der Waals surface area contributed by atoms with Gasteiger partial charge in [-0.25, -0.2) is 9.59 Å². The minimum Gasteiger partial charge on any atom is -0.465 e. The van der Waals surface area contributed by atoms with Gasteiger partial charge in [-0.1, -0.05) is 35.8 Å². The minimum atomic E-state index is -0.394. The first kappa shape index (κ1) is 19.4. The number of ether oxygens (including phenoxy) is 2. The molecule has 1 aliphatic carbocycles. The van der Waals surface area contributed by atoms with E-state index in [0.717, 1.165) is 22.3 Å². The monoisotopic (exact) mass is 382 g/mol. The van der Waals surface area contributed by atoms with Gasteiger partial charge in [-0.05, 0) is 42.2 Å². The van der Waals surface area contributed by atoms with E-state index in [1.165, 1.54) is 7.11 Å². The molecule has 0 aliphatic heterocycles. The molecule has 126 valence electrons. The van der Waals surface area contributed by atoms with Gasteiger partial charge in [0.15, 0.2) is 0 Å². The average Bonchev–Trinajstić information content (AvgIpc) is 2.97. The fraction of sp³-hybridized carbons (Fsp3) is 0.444. The van der Waals surface area contributed by atoms with Crippen LogP contribution in [-0.4, -0.2) is 31.0 Å². The molecule has 0 unspecified atom stereocenters. The summed E-state index contributed by atoms with van der Waals surface area (Å²) in [4.78, 5) is 24.1. The van der Waals surface area contributed by atoms with Gasteiger partial charge < -0.3 is 9.47 Å². The molecule has 1 aromatic rings. The van der Waals surface area contributed by atoms with Crippen molar-refractivity contribution in [2.24, 2.45) is 0 Å². The Bertz CT molecular complexity index is 632. The minimum absolute atomic E-state index is 0.321.